The molecule has 1 N–H and O–H groups in total. The van der Waals surface area contributed by atoms with Crippen LogP contribution in [0.25, 0.3) is 11.5 Å². The van der Waals surface area contributed by atoms with Gasteiger partial charge in [0.05, 0.1) is 19.1 Å². The third-order valence-corrected chi connectivity index (χ3v) is 7.59. The van der Waals surface area contributed by atoms with Crippen molar-refractivity contribution in [2.24, 2.45) is 0 Å². The van der Waals surface area contributed by atoms with Crippen LogP contribution in [0.3, 0.4) is 0 Å². The van der Waals surface area contributed by atoms with E-state index in [9.17, 15) is 8.42 Å². The van der Waals surface area contributed by atoms with Crippen molar-refractivity contribution in [1.29, 1.82) is 0 Å². The van der Waals surface area contributed by atoms with Gasteiger partial charge in [0.25, 0.3) is 0 Å². The molecule has 4 rings (SSSR count). The molecule has 0 aliphatic rings. The van der Waals surface area contributed by atoms with Crippen LogP contribution in [0, 0.1) is 6.92 Å². The van der Waals surface area contributed by atoms with Gasteiger partial charge in [0, 0.05) is 16.6 Å². The summed E-state index contributed by atoms with van der Waals surface area (Å²) in [5, 5.41) is 2.98. The van der Waals surface area contributed by atoms with Gasteiger partial charge in [0.2, 0.25) is 26.6 Å². The van der Waals surface area contributed by atoms with E-state index >= 15 is 0 Å². The monoisotopic (exact) mass is 556 g/mol. The predicted molar refractivity (Wildman–Crippen MR) is 138 cm³/mol. The third kappa shape index (κ3) is 5.52. The van der Waals surface area contributed by atoms with E-state index in [0.29, 0.717) is 30.0 Å². The quantitative estimate of drug-likeness (QED) is 0.273. The number of halogens is 1. The molecule has 0 unspecified atom stereocenters. The first-order valence-corrected chi connectivity index (χ1v) is 13.1. The fraction of sp³-hybridized carbons (Fsp3) is 0.192. The van der Waals surface area contributed by atoms with Crippen LogP contribution in [0.2, 0.25) is 0 Å². The Morgan fingerprint density at radius 1 is 0.971 bits per heavy atom. The Labute approximate surface area is 213 Å². The lowest BCUT2D eigenvalue weighted by atomic mass is 10.1. The normalized spacial score (nSPS) is 11.3. The molecule has 0 spiro atoms. The van der Waals surface area contributed by atoms with Gasteiger partial charge in [0.1, 0.15) is 0 Å². The zero-order chi connectivity index (χ0) is 25.0. The van der Waals surface area contributed by atoms with Gasteiger partial charge in [-0.25, -0.2) is 8.42 Å². The molecule has 0 saturated carbocycles. The van der Waals surface area contributed by atoms with Crippen LogP contribution in [0.5, 0.6) is 11.5 Å². The summed E-state index contributed by atoms with van der Waals surface area (Å²) in [5.74, 6) is 1.61. The summed E-state index contributed by atoms with van der Waals surface area (Å²) >= 11 is 3.34. The van der Waals surface area contributed by atoms with Gasteiger partial charge in [0.15, 0.2) is 11.5 Å². The predicted octanol–water partition coefficient (Wildman–Crippen LogP) is 5.92. The van der Waals surface area contributed by atoms with E-state index in [4.69, 9.17) is 13.9 Å². The van der Waals surface area contributed by atoms with E-state index in [0.717, 1.165) is 15.6 Å². The van der Waals surface area contributed by atoms with Crippen LogP contribution in [0.1, 0.15) is 11.1 Å². The number of rotatable bonds is 9. The molecule has 0 atom stereocenters. The minimum absolute atomic E-state index is 0.102. The molecule has 7 nitrogen and oxygen atoms in total. The van der Waals surface area contributed by atoms with E-state index in [1.165, 1.54) is 12.1 Å². The van der Waals surface area contributed by atoms with Crippen molar-refractivity contribution in [3.8, 4) is 23.0 Å². The first-order chi connectivity index (χ1) is 16.8. The summed E-state index contributed by atoms with van der Waals surface area (Å²) in [6, 6.07) is 19.6. The van der Waals surface area contributed by atoms with Gasteiger partial charge in [-0.15, -0.1) is 0 Å². The number of aryl methyl sites for hydroxylation is 1. The van der Waals surface area contributed by atoms with E-state index in [1.54, 1.807) is 26.4 Å². The fourth-order valence-electron chi connectivity index (χ4n) is 3.58. The van der Waals surface area contributed by atoms with Gasteiger partial charge >= 0.3 is 0 Å². The highest BCUT2D eigenvalue weighted by molar-refractivity contribution is 9.10. The van der Waals surface area contributed by atoms with Gasteiger partial charge in [-0.3, -0.25) is 0 Å². The first kappa shape index (κ1) is 24.8. The molecule has 9 heteroatoms. The maximum absolute atomic E-state index is 13.5. The van der Waals surface area contributed by atoms with Crippen molar-refractivity contribution in [2.75, 3.05) is 26.1 Å². The van der Waals surface area contributed by atoms with Crippen LogP contribution in [-0.2, 0) is 16.3 Å². The second kappa shape index (κ2) is 10.5. The smallest absolute Gasteiger partial charge is 0.233 e. The minimum Gasteiger partial charge on any atom is -0.493 e. The number of ether oxygens (including phenoxy) is 2. The molecule has 0 amide bonds. The number of benzene rings is 3. The lowest BCUT2D eigenvalue weighted by Crippen LogP contribution is -2.10. The molecule has 0 aliphatic carbocycles. The number of oxazole rings is 1. The molecule has 1 aromatic heterocycles. The lowest BCUT2D eigenvalue weighted by molar-refractivity contribution is 0.354. The molecule has 35 heavy (non-hydrogen) atoms. The summed E-state index contributed by atoms with van der Waals surface area (Å²) in [6.45, 7) is 2.37. The van der Waals surface area contributed by atoms with Crippen molar-refractivity contribution >= 4 is 31.7 Å². The van der Waals surface area contributed by atoms with Crippen LogP contribution in [0.15, 0.2) is 85.5 Å². The maximum atomic E-state index is 13.5. The van der Waals surface area contributed by atoms with Crippen molar-refractivity contribution in [3.63, 3.8) is 0 Å². The van der Waals surface area contributed by atoms with Crippen molar-refractivity contribution in [2.45, 2.75) is 23.3 Å². The Hall–Kier alpha value is -3.30. The molecule has 1 heterocycles. The molecule has 0 fully saturated rings. The van der Waals surface area contributed by atoms with Gasteiger partial charge < -0.3 is 19.2 Å². The Balaban J connectivity index is 1.65. The number of aromatic nitrogens is 1. The Kier molecular flexibility index (Phi) is 7.47. The van der Waals surface area contributed by atoms with Crippen molar-refractivity contribution in [3.05, 3.63) is 82.3 Å². The number of nitrogens with one attached hydrogen (secondary N) is 1. The molecule has 182 valence electrons. The van der Waals surface area contributed by atoms with Gasteiger partial charge in [-0.2, -0.15) is 4.98 Å². The van der Waals surface area contributed by atoms with E-state index in [-0.39, 0.29) is 21.7 Å². The molecule has 0 bridgehead atoms. The Morgan fingerprint density at radius 2 is 1.71 bits per heavy atom. The topological polar surface area (TPSA) is 90.7 Å². The summed E-state index contributed by atoms with van der Waals surface area (Å²) in [5.41, 5.74) is 2.71. The highest BCUT2D eigenvalue weighted by Crippen LogP contribution is 2.33. The number of methoxy groups -OCH3 is 2. The standard InChI is InChI=1S/C26H25BrN2O5S/c1-17-5-4-6-19(15-17)24-29-26(35(30,31)21-10-8-20(27)9-11-21)25(34-24)28-14-13-18-7-12-22(32-2)23(16-18)33-3/h4-12,15-16,28H,13-14H2,1-3H3. The lowest BCUT2D eigenvalue weighted by Gasteiger charge is -2.10. The number of sulfone groups is 1. The van der Waals surface area contributed by atoms with E-state index in [2.05, 4.69) is 26.2 Å². The van der Waals surface area contributed by atoms with Gasteiger partial charge in [-0.05, 0) is 67.4 Å². The zero-order valence-corrected chi connectivity index (χ0v) is 21.9. The zero-order valence-electron chi connectivity index (χ0n) is 19.5. The van der Waals surface area contributed by atoms with E-state index in [1.807, 2.05) is 49.4 Å². The largest absolute Gasteiger partial charge is 0.493 e. The molecule has 0 aliphatic heterocycles. The summed E-state index contributed by atoms with van der Waals surface area (Å²) in [7, 11) is -0.754. The molecular formula is C26H25BrN2O5S. The average molecular weight is 557 g/mol. The van der Waals surface area contributed by atoms with Crippen LogP contribution in [-0.4, -0.2) is 34.2 Å². The van der Waals surface area contributed by atoms with Crippen molar-refractivity contribution in [1.82, 2.24) is 4.98 Å². The molecule has 3 aromatic carbocycles. The number of anilines is 1. The molecule has 0 saturated heterocycles. The second-order valence-corrected chi connectivity index (χ2v) is 10.6. The van der Waals surface area contributed by atoms with Crippen LogP contribution < -0.4 is 14.8 Å². The number of nitrogens with zero attached hydrogens (tertiary/aromatic N) is 1. The average Bonchev–Trinajstić information content (AvgIpc) is 3.29. The summed E-state index contributed by atoms with van der Waals surface area (Å²) in [6.07, 6.45) is 0.596. The number of hydrogen-bond acceptors (Lipinski definition) is 7. The molecule has 4 aromatic rings. The maximum Gasteiger partial charge on any atom is 0.233 e. The van der Waals surface area contributed by atoms with Crippen molar-refractivity contribution < 1.29 is 22.3 Å². The van der Waals surface area contributed by atoms with Crippen LogP contribution >= 0.6 is 15.9 Å². The number of hydrogen-bond donors (Lipinski definition) is 1. The summed E-state index contributed by atoms with van der Waals surface area (Å²) in [4.78, 5) is 4.53. The highest BCUT2D eigenvalue weighted by atomic mass is 79.9. The SMILES string of the molecule is COc1ccc(CCNc2oc(-c3cccc(C)c3)nc2S(=O)(=O)c2ccc(Br)cc2)cc1OC. The second-order valence-electron chi connectivity index (χ2n) is 7.85. The minimum atomic E-state index is -3.92. The van der Waals surface area contributed by atoms with Gasteiger partial charge in [-0.1, -0.05) is 39.7 Å². The third-order valence-electron chi connectivity index (χ3n) is 5.39. The fourth-order valence-corrected chi connectivity index (χ4v) is 5.13. The Morgan fingerprint density at radius 3 is 2.40 bits per heavy atom. The highest BCUT2D eigenvalue weighted by Gasteiger charge is 2.28. The first-order valence-electron chi connectivity index (χ1n) is 10.8. The van der Waals surface area contributed by atoms with E-state index < -0.39 is 9.84 Å². The molecular weight excluding hydrogens is 532 g/mol. The Bertz CT molecular complexity index is 1430. The van der Waals surface area contributed by atoms with Crippen LogP contribution in [0.4, 0.5) is 5.88 Å². The summed E-state index contributed by atoms with van der Waals surface area (Å²) < 4.78 is 44.3. The molecule has 0 radical (unpaired) electrons.